The Morgan fingerprint density at radius 3 is 2.57 bits per heavy atom. The van der Waals surface area contributed by atoms with E-state index in [0.717, 1.165) is 62.4 Å². The lowest BCUT2D eigenvalue weighted by Crippen LogP contribution is -1.95. The van der Waals surface area contributed by atoms with E-state index in [1.807, 2.05) is 36.8 Å². The highest BCUT2D eigenvalue weighted by atomic mass is 32.2. The van der Waals surface area contributed by atoms with Gasteiger partial charge in [0.05, 0.1) is 11.9 Å². The van der Waals surface area contributed by atoms with Crippen LogP contribution in [0.25, 0.3) is 31.8 Å². The minimum absolute atomic E-state index is 0.109. The van der Waals surface area contributed by atoms with Crippen molar-refractivity contribution >= 4 is 45.7 Å². The number of unbranched alkanes of at least 4 members (excludes halogenated alkanes) is 1. The molecule has 0 radical (unpaired) electrons. The lowest BCUT2D eigenvalue weighted by atomic mass is 10.1. The lowest BCUT2D eigenvalue weighted by molar-refractivity contribution is 0.101. The van der Waals surface area contributed by atoms with Crippen molar-refractivity contribution < 1.29 is 4.79 Å². The number of benzene rings is 2. The van der Waals surface area contributed by atoms with Crippen LogP contribution in [-0.4, -0.2) is 15.3 Å². The van der Waals surface area contributed by atoms with Crippen LogP contribution in [0.2, 0.25) is 0 Å². The van der Waals surface area contributed by atoms with Crippen LogP contribution in [0, 0.1) is 0 Å². The van der Waals surface area contributed by atoms with Crippen LogP contribution in [0.5, 0.6) is 0 Å². The summed E-state index contributed by atoms with van der Waals surface area (Å²) in [4.78, 5) is 20.3. The summed E-state index contributed by atoms with van der Waals surface area (Å²) in [7, 11) is 0. The normalized spacial score (nSPS) is 11.1. The molecular weight excluding hydrogens is 470 g/mol. The molecule has 3 heterocycles. The first-order valence-corrected chi connectivity index (χ1v) is 13.4. The van der Waals surface area contributed by atoms with Gasteiger partial charge in [-0.1, -0.05) is 37.6 Å². The maximum absolute atomic E-state index is 12.3. The topological polar surface area (TPSA) is 46.9 Å². The van der Waals surface area contributed by atoms with E-state index >= 15 is 0 Å². The molecule has 1 N–H and O–H groups in total. The monoisotopic (exact) mass is 497 g/mol. The number of hydrogen-bond donors (Lipinski definition) is 1. The molecule has 6 heteroatoms. The van der Waals surface area contributed by atoms with Gasteiger partial charge in [0.2, 0.25) is 0 Å². The van der Waals surface area contributed by atoms with E-state index in [-0.39, 0.29) is 5.78 Å². The fourth-order valence-electron chi connectivity index (χ4n) is 4.13. The minimum Gasteiger partial charge on any atom is -0.347 e. The van der Waals surface area contributed by atoms with Gasteiger partial charge >= 0.3 is 0 Å². The van der Waals surface area contributed by atoms with E-state index in [1.54, 1.807) is 30.2 Å². The number of nitrogens with one attached hydrogen (secondary N) is 1. The summed E-state index contributed by atoms with van der Waals surface area (Å²) in [6.07, 6.45) is 7.99. The lowest BCUT2D eigenvalue weighted by Gasteiger charge is -2.06. The summed E-state index contributed by atoms with van der Waals surface area (Å²) in [6, 6.07) is 23.1. The highest BCUT2D eigenvalue weighted by Gasteiger charge is 2.14. The number of pyridine rings is 1. The average Bonchev–Trinajstić information content (AvgIpc) is 3.52. The summed E-state index contributed by atoms with van der Waals surface area (Å²) in [5.41, 5.74) is 5.10. The molecule has 5 aromatic rings. The van der Waals surface area contributed by atoms with Crippen LogP contribution in [0.3, 0.4) is 0 Å². The highest BCUT2D eigenvalue weighted by Crippen LogP contribution is 2.37. The van der Waals surface area contributed by atoms with Crippen molar-refractivity contribution in [3.8, 4) is 20.9 Å². The molecule has 5 rings (SSSR count). The van der Waals surface area contributed by atoms with Crippen LogP contribution in [-0.2, 0) is 6.54 Å². The number of carbonyl (C=O) groups excluding carboxylic acids is 1. The van der Waals surface area contributed by atoms with Gasteiger partial charge in [-0.05, 0) is 73.3 Å². The quantitative estimate of drug-likeness (QED) is 0.164. The van der Waals surface area contributed by atoms with Gasteiger partial charge in [0, 0.05) is 55.6 Å². The zero-order valence-corrected chi connectivity index (χ0v) is 21.5. The Hall–Kier alpha value is -3.35. The van der Waals surface area contributed by atoms with Crippen LogP contribution in [0.4, 0.5) is 5.69 Å². The van der Waals surface area contributed by atoms with Crippen molar-refractivity contribution in [3.63, 3.8) is 0 Å². The molecule has 2 aromatic carbocycles. The number of aromatic nitrogens is 2. The molecular formula is C29H27N3OS2. The van der Waals surface area contributed by atoms with Gasteiger partial charge in [0.15, 0.2) is 5.78 Å². The fourth-order valence-corrected chi connectivity index (χ4v) is 5.75. The smallest absolute Gasteiger partial charge is 0.161 e. The van der Waals surface area contributed by atoms with Gasteiger partial charge in [-0.25, -0.2) is 0 Å². The van der Waals surface area contributed by atoms with Gasteiger partial charge in [-0.15, -0.1) is 11.3 Å². The van der Waals surface area contributed by atoms with E-state index in [2.05, 4.69) is 69.7 Å². The molecule has 3 aromatic heterocycles. The van der Waals surface area contributed by atoms with Crippen LogP contribution in [0.15, 0.2) is 90.2 Å². The molecule has 0 atom stereocenters. The van der Waals surface area contributed by atoms with Crippen LogP contribution in [0.1, 0.15) is 37.0 Å². The summed E-state index contributed by atoms with van der Waals surface area (Å²) in [5, 5.41) is 1.03. The number of thiophene rings is 1. The molecule has 4 nitrogen and oxygen atoms in total. The van der Waals surface area contributed by atoms with Gasteiger partial charge in [0.1, 0.15) is 0 Å². The zero-order valence-electron chi connectivity index (χ0n) is 19.8. The number of rotatable bonds is 9. The maximum atomic E-state index is 12.3. The van der Waals surface area contributed by atoms with E-state index < -0.39 is 0 Å². The second kappa shape index (κ2) is 10.5. The van der Waals surface area contributed by atoms with Crippen molar-refractivity contribution in [2.75, 3.05) is 4.72 Å². The molecule has 0 fully saturated rings. The Balaban J connectivity index is 1.40. The van der Waals surface area contributed by atoms with Gasteiger partial charge in [-0.3, -0.25) is 9.78 Å². The van der Waals surface area contributed by atoms with E-state index in [4.69, 9.17) is 0 Å². The summed E-state index contributed by atoms with van der Waals surface area (Å²) < 4.78 is 5.61. The molecule has 0 aliphatic heterocycles. The number of aryl methyl sites for hydroxylation is 1. The number of nitrogens with zero attached hydrogens (tertiary/aromatic N) is 2. The molecule has 0 saturated carbocycles. The SMILES string of the molecule is CCCCn1cc(C(C)=O)c2cc(-c3ccc(-c4cncc(NSc5ccccc5)c4)s3)ccc21. The van der Waals surface area contributed by atoms with Crippen molar-refractivity contribution in [1.82, 2.24) is 9.55 Å². The largest absolute Gasteiger partial charge is 0.347 e. The van der Waals surface area contributed by atoms with E-state index in [9.17, 15) is 4.79 Å². The molecule has 0 aliphatic carbocycles. The average molecular weight is 498 g/mol. The third kappa shape index (κ3) is 5.19. The Morgan fingerprint density at radius 1 is 1.00 bits per heavy atom. The zero-order chi connectivity index (χ0) is 24.2. The van der Waals surface area contributed by atoms with Crippen LogP contribution < -0.4 is 4.72 Å². The third-order valence-electron chi connectivity index (χ3n) is 5.96. The van der Waals surface area contributed by atoms with Crippen LogP contribution >= 0.6 is 23.3 Å². The number of hydrogen-bond acceptors (Lipinski definition) is 5. The molecule has 176 valence electrons. The standard InChI is InChI=1S/C29H27N3OS2/c1-3-4-14-32-19-26(20(2)33)25-16-21(10-11-27(25)32)28-12-13-29(34-28)22-15-23(18-30-17-22)31-35-24-8-6-5-7-9-24/h5-13,15-19,31H,3-4,14H2,1-2H3. The van der Waals surface area contributed by atoms with Gasteiger partial charge in [-0.2, -0.15) is 0 Å². The molecule has 0 saturated heterocycles. The number of carbonyl (C=O) groups is 1. The second-order valence-corrected chi connectivity index (χ2v) is 10.5. The fraction of sp³-hybridized carbons (Fsp3) is 0.172. The third-order valence-corrected chi connectivity index (χ3v) is 7.99. The maximum Gasteiger partial charge on any atom is 0.161 e. The Kier molecular flexibility index (Phi) is 7.02. The summed E-state index contributed by atoms with van der Waals surface area (Å²) >= 11 is 3.31. The predicted molar refractivity (Wildman–Crippen MR) is 149 cm³/mol. The summed E-state index contributed by atoms with van der Waals surface area (Å²) in [6.45, 7) is 4.77. The Labute approximate surface area is 214 Å². The molecule has 0 unspecified atom stereocenters. The van der Waals surface area contributed by atoms with Crippen molar-refractivity contribution in [2.24, 2.45) is 0 Å². The Morgan fingerprint density at radius 2 is 1.80 bits per heavy atom. The molecule has 0 bridgehead atoms. The first-order chi connectivity index (χ1) is 17.1. The minimum atomic E-state index is 0.109. The van der Waals surface area contributed by atoms with Crippen molar-refractivity contribution in [2.45, 2.75) is 38.1 Å². The molecule has 0 aliphatic rings. The number of ketones is 1. The molecule has 0 spiro atoms. The summed E-state index contributed by atoms with van der Waals surface area (Å²) in [5.74, 6) is 0.109. The first-order valence-electron chi connectivity index (χ1n) is 11.8. The van der Waals surface area contributed by atoms with E-state index in [0.29, 0.717) is 0 Å². The van der Waals surface area contributed by atoms with Gasteiger partial charge in [0.25, 0.3) is 0 Å². The Bertz CT molecular complexity index is 1470. The number of Topliss-reactive ketones (excluding diaryl/α,β-unsaturated/α-hetero) is 1. The predicted octanol–water partition coefficient (Wildman–Crippen LogP) is 8.55. The molecule has 0 amide bonds. The molecule has 35 heavy (non-hydrogen) atoms. The van der Waals surface area contributed by atoms with Crippen molar-refractivity contribution in [3.05, 3.63) is 90.9 Å². The first kappa shape index (κ1) is 23.4. The highest BCUT2D eigenvalue weighted by molar-refractivity contribution is 8.00. The van der Waals surface area contributed by atoms with Crippen molar-refractivity contribution in [1.29, 1.82) is 0 Å². The second-order valence-electron chi connectivity index (χ2n) is 8.52. The number of fused-ring (bicyclic) bond motifs is 1. The van der Waals surface area contributed by atoms with E-state index in [1.165, 1.54) is 4.88 Å². The number of anilines is 1. The van der Waals surface area contributed by atoms with Gasteiger partial charge < -0.3 is 9.29 Å².